The Labute approximate surface area is 149 Å². The van der Waals surface area contributed by atoms with Crippen LogP contribution < -0.4 is 10.9 Å². The average molecular weight is 351 g/mol. The molecule has 0 saturated heterocycles. The monoisotopic (exact) mass is 351 g/mol. The van der Waals surface area contributed by atoms with Gasteiger partial charge in [-0.05, 0) is 31.2 Å². The third-order valence-electron chi connectivity index (χ3n) is 3.71. The van der Waals surface area contributed by atoms with E-state index in [4.69, 9.17) is 4.74 Å². The van der Waals surface area contributed by atoms with Crippen molar-refractivity contribution in [3.05, 3.63) is 70.6 Å². The molecule has 0 fully saturated rings. The fourth-order valence-electron chi connectivity index (χ4n) is 2.52. The van der Waals surface area contributed by atoms with Gasteiger partial charge in [-0.1, -0.05) is 24.3 Å². The molecule has 0 bridgehead atoms. The van der Waals surface area contributed by atoms with Crippen LogP contribution >= 0.6 is 0 Å². The smallest absolute Gasteiger partial charge is 0.338 e. The summed E-state index contributed by atoms with van der Waals surface area (Å²) in [5.41, 5.74) is 0.443. The van der Waals surface area contributed by atoms with Crippen molar-refractivity contribution in [2.24, 2.45) is 0 Å². The standard InChI is InChI=1S/C19H17N3O4/c1-2-26-19(25)13-7-5-8-15(10-13)21-17(23)12-22-18(24)16-9-4-3-6-14(16)11-20-22/h3-11H,2,12H2,1H3,(H,21,23). The van der Waals surface area contributed by atoms with Gasteiger partial charge in [0.1, 0.15) is 6.54 Å². The van der Waals surface area contributed by atoms with Gasteiger partial charge in [0.15, 0.2) is 0 Å². The Bertz CT molecular complexity index is 1030. The lowest BCUT2D eigenvalue weighted by Gasteiger charge is -2.09. The van der Waals surface area contributed by atoms with Gasteiger partial charge in [-0.2, -0.15) is 5.10 Å². The number of benzene rings is 2. The third-order valence-corrected chi connectivity index (χ3v) is 3.71. The van der Waals surface area contributed by atoms with E-state index in [1.807, 2.05) is 6.07 Å². The van der Waals surface area contributed by atoms with Crippen LogP contribution in [0, 0.1) is 0 Å². The highest BCUT2D eigenvalue weighted by molar-refractivity contribution is 5.94. The van der Waals surface area contributed by atoms with E-state index in [-0.39, 0.29) is 18.7 Å². The molecule has 0 unspecified atom stereocenters. The molecular weight excluding hydrogens is 334 g/mol. The molecule has 0 aliphatic heterocycles. The molecule has 0 saturated carbocycles. The second-order valence-electron chi connectivity index (χ2n) is 5.54. The molecule has 0 aliphatic rings. The van der Waals surface area contributed by atoms with E-state index < -0.39 is 11.9 Å². The molecule has 1 amide bonds. The van der Waals surface area contributed by atoms with Gasteiger partial charge in [0.2, 0.25) is 5.91 Å². The molecule has 1 aromatic heterocycles. The number of aromatic nitrogens is 2. The number of carbonyl (C=O) groups is 2. The van der Waals surface area contributed by atoms with E-state index in [1.54, 1.807) is 49.5 Å². The molecule has 1 heterocycles. The van der Waals surface area contributed by atoms with Gasteiger partial charge < -0.3 is 10.1 Å². The third kappa shape index (κ3) is 3.77. The molecular formula is C19H17N3O4. The SMILES string of the molecule is CCOC(=O)c1cccc(NC(=O)Cn2ncc3ccccc3c2=O)c1. The molecule has 2 aromatic carbocycles. The summed E-state index contributed by atoms with van der Waals surface area (Å²) in [4.78, 5) is 36.4. The van der Waals surface area contributed by atoms with Gasteiger partial charge in [0.05, 0.1) is 23.8 Å². The lowest BCUT2D eigenvalue weighted by Crippen LogP contribution is -2.29. The van der Waals surface area contributed by atoms with Crippen molar-refractivity contribution in [2.45, 2.75) is 13.5 Å². The minimum Gasteiger partial charge on any atom is -0.462 e. The van der Waals surface area contributed by atoms with Crippen molar-refractivity contribution in [1.82, 2.24) is 9.78 Å². The van der Waals surface area contributed by atoms with Crippen LogP contribution in [0.25, 0.3) is 10.8 Å². The largest absolute Gasteiger partial charge is 0.462 e. The van der Waals surface area contributed by atoms with E-state index in [2.05, 4.69) is 10.4 Å². The van der Waals surface area contributed by atoms with E-state index >= 15 is 0 Å². The summed E-state index contributed by atoms with van der Waals surface area (Å²) >= 11 is 0. The first-order chi connectivity index (χ1) is 12.6. The molecule has 0 spiro atoms. The number of nitrogens with zero attached hydrogens (tertiary/aromatic N) is 2. The van der Waals surface area contributed by atoms with E-state index in [0.29, 0.717) is 16.6 Å². The normalized spacial score (nSPS) is 10.5. The maximum absolute atomic E-state index is 12.4. The van der Waals surface area contributed by atoms with Crippen LogP contribution in [0.4, 0.5) is 5.69 Å². The van der Waals surface area contributed by atoms with Gasteiger partial charge >= 0.3 is 5.97 Å². The summed E-state index contributed by atoms with van der Waals surface area (Å²) in [6, 6.07) is 13.5. The Kier molecular flexibility index (Phi) is 5.07. The molecule has 26 heavy (non-hydrogen) atoms. The number of rotatable bonds is 5. The van der Waals surface area contributed by atoms with Crippen LogP contribution in [0.1, 0.15) is 17.3 Å². The number of hydrogen-bond donors (Lipinski definition) is 1. The summed E-state index contributed by atoms with van der Waals surface area (Å²) in [6.07, 6.45) is 1.55. The minimum absolute atomic E-state index is 0.229. The van der Waals surface area contributed by atoms with Crippen LogP contribution in [-0.4, -0.2) is 28.3 Å². The Morgan fingerprint density at radius 3 is 2.77 bits per heavy atom. The average Bonchev–Trinajstić information content (AvgIpc) is 2.64. The van der Waals surface area contributed by atoms with Gasteiger partial charge in [0.25, 0.3) is 5.56 Å². The first-order valence-corrected chi connectivity index (χ1v) is 8.10. The molecule has 1 N–H and O–H groups in total. The number of amides is 1. The first-order valence-electron chi connectivity index (χ1n) is 8.10. The summed E-state index contributed by atoms with van der Waals surface area (Å²) in [5, 5.41) is 7.90. The van der Waals surface area contributed by atoms with Gasteiger partial charge in [-0.3, -0.25) is 9.59 Å². The zero-order valence-corrected chi connectivity index (χ0v) is 14.1. The predicted molar refractivity (Wildman–Crippen MR) is 97.0 cm³/mol. The number of anilines is 1. The Morgan fingerprint density at radius 2 is 1.96 bits per heavy atom. The maximum Gasteiger partial charge on any atom is 0.338 e. The topological polar surface area (TPSA) is 90.3 Å². The zero-order chi connectivity index (χ0) is 18.5. The molecule has 0 radical (unpaired) electrons. The predicted octanol–water partition coefficient (Wildman–Crippen LogP) is 2.21. The van der Waals surface area contributed by atoms with Gasteiger partial charge in [-0.25, -0.2) is 9.48 Å². The van der Waals surface area contributed by atoms with Crippen molar-refractivity contribution < 1.29 is 14.3 Å². The number of esters is 1. The van der Waals surface area contributed by atoms with Crippen molar-refractivity contribution in [3.63, 3.8) is 0 Å². The number of nitrogens with one attached hydrogen (secondary N) is 1. The van der Waals surface area contributed by atoms with Gasteiger partial charge in [0, 0.05) is 11.1 Å². The number of hydrogen-bond acceptors (Lipinski definition) is 5. The van der Waals surface area contributed by atoms with Crippen molar-refractivity contribution >= 4 is 28.3 Å². The van der Waals surface area contributed by atoms with E-state index in [0.717, 1.165) is 10.1 Å². The van der Waals surface area contributed by atoms with Crippen LogP contribution in [0.5, 0.6) is 0 Å². The molecule has 3 rings (SSSR count). The minimum atomic E-state index is -0.462. The van der Waals surface area contributed by atoms with Crippen molar-refractivity contribution in [3.8, 4) is 0 Å². The molecule has 0 atom stereocenters. The molecule has 0 aliphatic carbocycles. The zero-order valence-electron chi connectivity index (χ0n) is 14.1. The fraction of sp³-hybridized carbons (Fsp3) is 0.158. The summed E-state index contributed by atoms with van der Waals surface area (Å²) < 4.78 is 6.04. The summed E-state index contributed by atoms with van der Waals surface area (Å²) in [6.45, 7) is 1.76. The van der Waals surface area contributed by atoms with Crippen LogP contribution in [0.2, 0.25) is 0 Å². The highest BCUT2D eigenvalue weighted by Gasteiger charge is 2.11. The Morgan fingerprint density at radius 1 is 1.15 bits per heavy atom. The molecule has 7 heteroatoms. The van der Waals surface area contributed by atoms with Crippen LogP contribution in [0.15, 0.2) is 59.5 Å². The maximum atomic E-state index is 12.4. The highest BCUT2D eigenvalue weighted by Crippen LogP contribution is 2.12. The summed E-state index contributed by atoms with van der Waals surface area (Å²) in [5.74, 6) is -0.882. The Balaban J connectivity index is 1.75. The van der Waals surface area contributed by atoms with E-state index in [9.17, 15) is 14.4 Å². The first kappa shape index (κ1) is 17.3. The lowest BCUT2D eigenvalue weighted by molar-refractivity contribution is -0.117. The van der Waals surface area contributed by atoms with Crippen LogP contribution in [0.3, 0.4) is 0 Å². The highest BCUT2D eigenvalue weighted by atomic mass is 16.5. The van der Waals surface area contributed by atoms with Crippen LogP contribution in [-0.2, 0) is 16.1 Å². The molecule has 132 valence electrons. The van der Waals surface area contributed by atoms with Crippen molar-refractivity contribution in [2.75, 3.05) is 11.9 Å². The summed E-state index contributed by atoms with van der Waals surface area (Å²) in [7, 11) is 0. The lowest BCUT2D eigenvalue weighted by atomic mass is 10.2. The number of fused-ring (bicyclic) bond motifs is 1. The second kappa shape index (κ2) is 7.60. The van der Waals surface area contributed by atoms with Gasteiger partial charge in [-0.15, -0.1) is 0 Å². The van der Waals surface area contributed by atoms with E-state index in [1.165, 1.54) is 6.07 Å². The Hall–Kier alpha value is -3.48. The molecule has 3 aromatic rings. The van der Waals surface area contributed by atoms with Crippen molar-refractivity contribution in [1.29, 1.82) is 0 Å². The number of ether oxygens (including phenoxy) is 1. The fourth-order valence-corrected chi connectivity index (χ4v) is 2.52. The second-order valence-corrected chi connectivity index (χ2v) is 5.54. The quantitative estimate of drug-likeness (QED) is 0.712. The molecule has 7 nitrogen and oxygen atoms in total. The number of carbonyl (C=O) groups excluding carboxylic acids is 2.